The van der Waals surface area contributed by atoms with Gasteiger partial charge in [0.15, 0.2) is 0 Å². The van der Waals surface area contributed by atoms with Gasteiger partial charge in [0.1, 0.15) is 4.21 Å². The minimum absolute atomic E-state index is 0.0390. The molecule has 1 fully saturated rings. The quantitative estimate of drug-likeness (QED) is 0.885. The number of rotatable bonds is 3. The van der Waals surface area contributed by atoms with E-state index in [0.717, 1.165) is 23.2 Å². The first-order chi connectivity index (χ1) is 7.97. The summed E-state index contributed by atoms with van der Waals surface area (Å²) in [5.74, 6) is 0. The molecule has 0 spiro atoms. The second-order valence-electron chi connectivity index (χ2n) is 4.26. The van der Waals surface area contributed by atoms with E-state index < -0.39 is 10.0 Å². The van der Waals surface area contributed by atoms with Gasteiger partial charge in [0, 0.05) is 12.1 Å². The Morgan fingerprint density at radius 3 is 2.88 bits per heavy atom. The summed E-state index contributed by atoms with van der Waals surface area (Å²) < 4.78 is 28.1. The maximum Gasteiger partial charge on any atom is 0.250 e. The van der Waals surface area contributed by atoms with Crippen LogP contribution in [0.4, 0.5) is 0 Å². The van der Waals surface area contributed by atoms with Gasteiger partial charge in [-0.15, -0.1) is 11.3 Å². The summed E-state index contributed by atoms with van der Waals surface area (Å²) >= 11 is 4.51. The maximum absolute atomic E-state index is 12.1. The lowest BCUT2D eigenvalue weighted by atomic mass is 10.0. The highest BCUT2D eigenvalue weighted by Crippen LogP contribution is 2.26. The molecular formula is C10H15BrN2O2S2. The number of hydrogen-bond donors (Lipinski definition) is 2. The molecule has 2 unspecified atom stereocenters. The molecule has 1 aromatic heterocycles. The van der Waals surface area contributed by atoms with Crippen LogP contribution in [0.25, 0.3) is 0 Å². The SMILES string of the molecule is CC1CC(NS(=O)(=O)c2ccc(Br)s2)CCN1. The Hall–Kier alpha value is 0.0500. The highest BCUT2D eigenvalue weighted by Gasteiger charge is 2.25. The van der Waals surface area contributed by atoms with Gasteiger partial charge in [-0.2, -0.15) is 0 Å². The van der Waals surface area contributed by atoms with Gasteiger partial charge in [0.2, 0.25) is 10.0 Å². The number of thiophene rings is 1. The fraction of sp³-hybridized carbons (Fsp3) is 0.600. The molecule has 96 valence electrons. The summed E-state index contributed by atoms with van der Waals surface area (Å²) in [6, 6.07) is 3.79. The van der Waals surface area contributed by atoms with Gasteiger partial charge in [-0.05, 0) is 54.4 Å². The van der Waals surface area contributed by atoms with Crippen molar-refractivity contribution in [3.05, 3.63) is 15.9 Å². The van der Waals surface area contributed by atoms with Crippen molar-refractivity contribution in [2.75, 3.05) is 6.54 Å². The fourth-order valence-corrected chi connectivity index (χ4v) is 5.27. The summed E-state index contributed by atoms with van der Waals surface area (Å²) in [5, 5.41) is 3.30. The minimum atomic E-state index is -3.35. The fourth-order valence-electron chi connectivity index (χ4n) is 1.96. The zero-order valence-corrected chi connectivity index (χ0v) is 12.7. The van der Waals surface area contributed by atoms with E-state index in [0.29, 0.717) is 10.3 Å². The second-order valence-corrected chi connectivity index (χ2v) is 8.66. The maximum atomic E-state index is 12.1. The predicted molar refractivity (Wildman–Crippen MR) is 72.8 cm³/mol. The van der Waals surface area contributed by atoms with E-state index in [-0.39, 0.29) is 6.04 Å². The number of piperidine rings is 1. The Morgan fingerprint density at radius 1 is 1.53 bits per heavy atom. The van der Waals surface area contributed by atoms with Crippen LogP contribution in [0.2, 0.25) is 0 Å². The van der Waals surface area contributed by atoms with Crippen molar-refractivity contribution >= 4 is 37.3 Å². The van der Waals surface area contributed by atoms with Gasteiger partial charge >= 0.3 is 0 Å². The van der Waals surface area contributed by atoms with E-state index in [1.807, 2.05) is 0 Å². The Balaban J connectivity index is 2.07. The zero-order chi connectivity index (χ0) is 12.5. The van der Waals surface area contributed by atoms with Crippen LogP contribution < -0.4 is 10.0 Å². The lowest BCUT2D eigenvalue weighted by molar-refractivity contribution is 0.361. The summed E-state index contributed by atoms with van der Waals surface area (Å²) in [5.41, 5.74) is 0. The van der Waals surface area contributed by atoms with Crippen molar-refractivity contribution in [3.8, 4) is 0 Å². The number of hydrogen-bond acceptors (Lipinski definition) is 4. The van der Waals surface area contributed by atoms with Crippen LogP contribution in [-0.4, -0.2) is 27.0 Å². The van der Waals surface area contributed by atoms with E-state index in [4.69, 9.17) is 0 Å². The van der Waals surface area contributed by atoms with Crippen LogP contribution in [0.3, 0.4) is 0 Å². The zero-order valence-electron chi connectivity index (χ0n) is 9.44. The standard InChI is InChI=1S/C10H15BrN2O2S2/c1-7-6-8(4-5-12-7)13-17(14,15)10-3-2-9(11)16-10/h2-3,7-8,12-13H,4-6H2,1H3. The van der Waals surface area contributed by atoms with Crippen LogP contribution in [0.5, 0.6) is 0 Å². The third-order valence-electron chi connectivity index (χ3n) is 2.76. The van der Waals surface area contributed by atoms with E-state index in [9.17, 15) is 8.42 Å². The van der Waals surface area contributed by atoms with Crippen LogP contribution in [-0.2, 0) is 10.0 Å². The Bertz CT molecular complexity index is 486. The van der Waals surface area contributed by atoms with Gasteiger partial charge in [-0.25, -0.2) is 13.1 Å². The molecule has 1 aliphatic rings. The van der Waals surface area contributed by atoms with Crippen LogP contribution in [0.1, 0.15) is 19.8 Å². The molecule has 1 aromatic rings. The van der Waals surface area contributed by atoms with Crippen LogP contribution >= 0.6 is 27.3 Å². The van der Waals surface area contributed by atoms with Crippen molar-refractivity contribution in [2.45, 2.75) is 36.1 Å². The Kier molecular flexibility index (Phi) is 4.25. The molecule has 7 heteroatoms. The van der Waals surface area contributed by atoms with E-state index >= 15 is 0 Å². The minimum Gasteiger partial charge on any atom is -0.314 e. The monoisotopic (exact) mass is 338 g/mol. The number of sulfonamides is 1. The molecule has 2 N–H and O–H groups in total. The molecule has 2 rings (SSSR count). The molecule has 17 heavy (non-hydrogen) atoms. The van der Waals surface area contributed by atoms with Crippen molar-refractivity contribution in [1.29, 1.82) is 0 Å². The highest BCUT2D eigenvalue weighted by molar-refractivity contribution is 9.11. The van der Waals surface area contributed by atoms with E-state index in [1.54, 1.807) is 12.1 Å². The average molecular weight is 339 g/mol. The lowest BCUT2D eigenvalue weighted by Crippen LogP contribution is -2.46. The molecule has 1 aliphatic heterocycles. The first kappa shape index (κ1) is 13.5. The molecular weight excluding hydrogens is 324 g/mol. The van der Waals surface area contributed by atoms with E-state index in [1.165, 1.54) is 11.3 Å². The van der Waals surface area contributed by atoms with Gasteiger partial charge in [0.25, 0.3) is 0 Å². The third kappa shape index (κ3) is 3.51. The molecule has 0 aliphatic carbocycles. The highest BCUT2D eigenvalue weighted by atomic mass is 79.9. The topological polar surface area (TPSA) is 58.2 Å². The molecule has 2 atom stereocenters. The molecule has 0 radical (unpaired) electrons. The summed E-state index contributed by atoms with van der Waals surface area (Å²) in [6.45, 7) is 2.94. The predicted octanol–water partition coefficient (Wildman–Crippen LogP) is 1.93. The Labute approximate surface area is 114 Å². The summed E-state index contributed by atoms with van der Waals surface area (Å²) in [4.78, 5) is 0. The molecule has 2 heterocycles. The van der Waals surface area contributed by atoms with Crippen molar-refractivity contribution in [2.24, 2.45) is 0 Å². The van der Waals surface area contributed by atoms with Crippen molar-refractivity contribution in [3.63, 3.8) is 0 Å². The van der Waals surface area contributed by atoms with Gasteiger partial charge in [0.05, 0.1) is 3.79 Å². The van der Waals surface area contributed by atoms with Crippen molar-refractivity contribution < 1.29 is 8.42 Å². The smallest absolute Gasteiger partial charge is 0.250 e. The molecule has 0 bridgehead atoms. The van der Waals surface area contributed by atoms with Crippen LogP contribution in [0.15, 0.2) is 20.1 Å². The number of nitrogens with one attached hydrogen (secondary N) is 2. The summed E-state index contributed by atoms with van der Waals surface area (Å²) in [7, 11) is -3.35. The van der Waals surface area contributed by atoms with Gasteiger partial charge < -0.3 is 5.32 Å². The van der Waals surface area contributed by atoms with Crippen molar-refractivity contribution in [1.82, 2.24) is 10.0 Å². The normalized spacial score (nSPS) is 26.0. The molecule has 1 saturated heterocycles. The summed E-state index contributed by atoms with van der Waals surface area (Å²) in [6.07, 6.45) is 1.68. The second kappa shape index (κ2) is 5.36. The lowest BCUT2D eigenvalue weighted by Gasteiger charge is -2.28. The molecule has 4 nitrogen and oxygen atoms in total. The third-order valence-corrected chi connectivity index (χ3v) is 6.39. The number of halogens is 1. The molecule has 0 amide bonds. The van der Waals surface area contributed by atoms with Crippen LogP contribution in [0, 0.1) is 0 Å². The first-order valence-corrected chi connectivity index (χ1v) is 8.58. The first-order valence-electron chi connectivity index (χ1n) is 5.48. The molecule has 0 aromatic carbocycles. The average Bonchev–Trinajstić information content (AvgIpc) is 2.65. The van der Waals surface area contributed by atoms with E-state index in [2.05, 4.69) is 32.9 Å². The molecule has 0 saturated carbocycles. The Morgan fingerprint density at radius 2 is 2.29 bits per heavy atom. The van der Waals surface area contributed by atoms with Gasteiger partial charge in [-0.1, -0.05) is 0 Å². The largest absolute Gasteiger partial charge is 0.314 e. The van der Waals surface area contributed by atoms with Gasteiger partial charge in [-0.3, -0.25) is 0 Å².